The van der Waals surface area contributed by atoms with E-state index in [1.165, 1.54) is 7.11 Å². The number of benzene rings is 1. The third kappa shape index (κ3) is 7.79. The summed E-state index contributed by atoms with van der Waals surface area (Å²) in [5.74, 6) is -1.13. The van der Waals surface area contributed by atoms with Crippen LogP contribution in [0, 0.1) is 20.8 Å². The molecule has 272 valence electrons. The average Bonchev–Trinajstić information content (AvgIpc) is 3.75. The number of hydrogen-bond donors (Lipinski definition) is 3. The Bertz CT molecular complexity index is 2350. The molecule has 0 saturated carbocycles. The molecule has 0 spiro atoms. The number of ether oxygens (including phenoxy) is 1. The van der Waals surface area contributed by atoms with E-state index in [1.807, 2.05) is 26.0 Å². The highest BCUT2D eigenvalue weighted by molar-refractivity contribution is 7.91. The zero-order valence-electron chi connectivity index (χ0n) is 30.9. The standard InChI is InChI=1S/C41H46N4O6S/c1-9-11-30-24(4)34(21-36-29(10-2)27(7)40(47)45-36)43-37(30)22-38-31(16-17-39(46)51-8)25(5)33(42-38)20-35-26(6)32(41(48)44-35)18-19-52(49,50)28-14-12-23(3)13-15-28/h10,12-15,20-22,42-43H,2,9,11,16-19H2,1,3-8H3,(H,45,47)/b33-20?,36-21-,38-22?. The highest BCUT2D eigenvalue weighted by atomic mass is 32.2. The number of nitrogens with zero attached hydrogens (tertiary/aromatic N) is 1. The van der Waals surface area contributed by atoms with Gasteiger partial charge in [0.25, 0.3) is 11.8 Å². The van der Waals surface area contributed by atoms with Gasteiger partial charge in [-0.15, -0.1) is 0 Å². The van der Waals surface area contributed by atoms with Crippen LogP contribution in [-0.4, -0.2) is 54.7 Å². The molecule has 0 saturated heterocycles. The number of aryl methyl sites for hydroxylation is 1. The maximum Gasteiger partial charge on any atom is 0.305 e. The Kier molecular flexibility index (Phi) is 11.3. The Hall–Kier alpha value is -5.29. The van der Waals surface area contributed by atoms with Crippen LogP contribution in [0.3, 0.4) is 0 Å². The molecule has 0 bridgehead atoms. The van der Waals surface area contributed by atoms with E-state index in [1.54, 1.807) is 50.3 Å². The normalized spacial score (nSPS) is 16.4. The number of rotatable bonds is 13. The number of H-pyrrole nitrogens is 2. The molecule has 10 nitrogen and oxygen atoms in total. The van der Waals surface area contributed by atoms with Crippen molar-refractivity contribution >= 4 is 51.6 Å². The van der Waals surface area contributed by atoms with Gasteiger partial charge in [-0.25, -0.2) is 13.4 Å². The number of allylic oxidation sites excluding steroid dienone is 2. The lowest BCUT2D eigenvalue weighted by atomic mass is 10.0. The molecule has 1 aromatic carbocycles. The predicted molar refractivity (Wildman–Crippen MR) is 205 cm³/mol. The topological polar surface area (TPSA) is 151 Å². The van der Waals surface area contributed by atoms with Crippen LogP contribution >= 0.6 is 0 Å². The van der Waals surface area contributed by atoms with Crippen LogP contribution in [0.2, 0.25) is 0 Å². The van der Waals surface area contributed by atoms with Crippen LogP contribution < -0.4 is 16.0 Å². The molecular formula is C41H46N4O6S. The summed E-state index contributed by atoms with van der Waals surface area (Å²) >= 11 is 0. The number of aromatic nitrogens is 2. The Morgan fingerprint density at radius 2 is 1.58 bits per heavy atom. The van der Waals surface area contributed by atoms with Gasteiger partial charge in [0.05, 0.1) is 29.2 Å². The molecule has 0 aliphatic carbocycles. The molecular weight excluding hydrogens is 677 g/mol. The number of sulfone groups is 1. The minimum absolute atomic E-state index is 0.0487. The van der Waals surface area contributed by atoms with Crippen molar-refractivity contribution < 1.29 is 27.5 Å². The number of carbonyl (C=O) groups excluding carboxylic acids is 3. The molecule has 2 aliphatic rings. The van der Waals surface area contributed by atoms with Crippen molar-refractivity contribution in [3.8, 4) is 0 Å². The lowest BCUT2D eigenvalue weighted by molar-refractivity contribution is -0.140. The molecule has 5 rings (SSSR count). The number of carbonyl (C=O) groups is 3. The summed E-state index contributed by atoms with van der Waals surface area (Å²) in [4.78, 5) is 49.3. The van der Waals surface area contributed by atoms with Crippen LogP contribution in [0.15, 0.2) is 74.8 Å². The van der Waals surface area contributed by atoms with E-state index < -0.39 is 15.7 Å². The van der Waals surface area contributed by atoms with Gasteiger partial charge in [0.1, 0.15) is 0 Å². The molecule has 0 radical (unpaired) electrons. The monoisotopic (exact) mass is 722 g/mol. The van der Waals surface area contributed by atoms with Gasteiger partial charge in [0.2, 0.25) is 0 Å². The van der Waals surface area contributed by atoms with Crippen LogP contribution in [0.1, 0.15) is 79.2 Å². The molecule has 2 aliphatic heterocycles. The first-order valence-electron chi connectivity index (χ1n) is 17.4. The first-order chi connectivity index (χ1) is 24.7. The number of aromatic amines is 2. The summed E-state index contributed by atoms with van der Waals surface area (Å²) < 4.78 is 31.0. The fourth-order valence-corrected chi connectivity index (χ4v) is 7.90. The molecule has 11 heteroatoms. The summed E-state index contributed by atoms with van der Waals surface area (Å²) in [7, 11) is -2.23. The smallest absolute Gasteiger partial charge is 0.305 e. The third-order valence-electron chi connectivity index (χ3n) is 9.87. The van der Waals surface area contributed by atoms with Crippen molar-refractivity contribution in [1.82, 2.24) is 15.3 Å². The van der Waals surface area contributed by atoms with Gasteiger partial charge < -0.3 is 20.0 Å². The number of aliphatic imine (C=N–C) groups is 1. The summed E-state index contributed by atoms with van der Waals surface area (Å²) in [6, 6.07) is 6.68. The van der Waals surface area contributed by atoms with E-state index >= 15 is 0 Å². The highest BCUT2D eigenvalue weighted by Crippen LogP contribution is 2.28. The highest BCUT2D eigenvalue weighted by Gasteiger charge is 2.26. The van der Waals surface area contributed by atoms with Gasteiger partial charge in [-0.2, -0.15) is 0 Å². The second-order valence-corrected chi connectivity index (χ2v) is 15.4. The summed E-state index contributed by atoms with van der Waals surface area (Å²) in [6.45, 7) is 15.5. The number of esters is 1. The van der Waals surface area contributed by atoms with Gasteiger partial charge in [-0.05, 0) is 112 Å². The van der Waals surface area contributed by atoms with E-state index in [2.05, 4.69) is 40.7 Å². The fraction of sp³-hybridized carbons (Fsp3) is 0.317. The molecule has 0 fully saturated rings. The summed E-state index contributed by atoms with van der Waals surface area (Å²) in [5, 5.41) is 4.45. The molecule has 2 aromatic heterocycles. The van der Waals surface area contributed by atoms with E-state index in [0.29, 0.717) is 34.5 Å². The fourth-order valence-electron chi connectivity index (χ4n) is 6.64. The lowest BCUT2D eigenvalue weighted by Gasteiger charge is -2.06. The zero-order valence-corrected chi connectivity index (χ0v) is 31.7. The van der Waals surface area contributed by atoms with E-state index in [-0.39, 0.29) is 35.4 Å². The number of hydrogen-bond acceptors (Lipinski definition) is 6. The molecule has 2 amide bonds. The maximum atomic E-state index is 13.1. The zero-order chi connectivity index (χ0) is 37.9. The number of nitrogens with one attached hydrogen (secondary N) is 3. The van der Waals surface area contributed by atoms with Crippen molar-refractivity contribution in [1.29, 1.82) is 0 Å². The van der Waals surface area contributed by atoms with Crippen LogP contribution in [0.5, 0.6) is 0 Å². The average molecular weight is 723 g/mol. The SMILES string of the molecule is C=CC1=C(C)C(=O)N/C1=C\c1[nH]c(C=c2[nH]c(=CC3=NC(=O)C(CCS(=O)(=O)c4ccc(C)cc4)=C3C)c(C)c2CCC(=O)OC)c(CCC)c1C. The van der Waals surface area contributed by atoms with Crippen molar-refractivity contribution in [3.05, 3.63) is 115 Å². The van der Waals surface area contributed by atoms with Gasteiger partial charge in [-0.3, -0.25) is 14.4 Å². The van der Waals surface area contributed by atoms with Crippen molar-refractivity contribution in [2.24, 2.45) is 4.99 Å². The van der Waals surface area contributed by atoms with Gasteiger partial charge >= 0.3 is 5.97 Å². The minimum Gasteiger partial charge on any atom is -0.469 e. The molecule has 3 aromatic rings. The third-order valence-corrected chi connectivity index (χ3v) is 11.6. The summed E-state index contributed by atoms with van der Waals surface area (Å²) in [5.41, 5.74) is 10.2. The summed E-state index contributed by atoms with van der Waals surface area (Å²) in [6.07, 6.45) is 9.81. The van der Waals surface area contributed by atoms with Gasteiger partial charge in [-0.1, -0.05) is 43.7 Å². The largest absolute Gasteiger partial charge is 0.469 e. The Morgan fingerprint density at radius 3 is 2.23 bits per heavy atom. The van der Waals surface area contributed by atoms with Crippen molar-refractivity contribution in [3.63, 3.8) is 0 Å². The number of methoxy groups -OCH3 is 1. The first kappa shape index (κ1) is 38.0. The van der Waals surface area contributed by atoms with Gasteiger partial charge in [0, 0.05) is 45.2 Å². The van der Waals surface area contributed by atoms with Crippen LogP contribution in [0.25, 0.3) is 18.2 Å². The Labute approximate surface area is 304 Å². The lowest BCUT2D eigenvalue weighted by Crippen LogP contribution is -2.15. The van der Waals surface area contributed by atoms with Gasteiger partial charge in [0.15, 0.2) is 9.84 Å². The van der Waals surface area contributed by atoms with E-state index in [4.69, 9.17) is 4.74 Å². The van der Waals surface area contributed by atoms with Crippen molar-refractivity contribution in [2.75, 3.05) is 12.9 Å². The molecule has 0 unspecified atom stereocenters. The Balaban J connectivity index is 1.56. The molecule has 0 atom stereocenters. The second kappa shape index (κ2) is 15.5. The van der Waals surface area contributed by atoms with Crippen LogP contribution in [0.4, 0.5) is 0 Å². The molecule has 52 heavy (non-hydrogen) atoms. The van der Waals surface area contributed by atoms with E-state index in [9.17, 15) is 22.8 Å². The Morgan fingerprint density at radius 1 is 0.865 bits per heavy atom. The molecule has 4 heterocycles. The quantitative estimate of drug-likeness (QED) is 0.210. The van der Waals surface area contributed by atoms with Crippen molar-refractivity contribution in [2.45, 2.75) is 78.5 Å². The predicted octanol–water partition coefficient (Wildman–Crippen LogP) is 5.07. The maximum absolute atomic E-state index is 13.1. The first-order valence-corrected chi connectivity index (χ1v) is 19.0. The molecule has 3 N–H and O–H groups in total. The van der Waals surface area contributed by atoms with E-state index in [0.717, 1.165) is 68.3 Å². The number of amides is 2. The minimum atomic E-state index is -3.59. The van der Waals surface area contributed by atoms with Crippen LogP contribution in [-0.2, 0) is 41.8 Å². The second-order valence-electron chi connectivity index (χ2n) is 13.3.